The van der Waals surface area contributed by atoms with Crippen molar-refractivity contribution >= 4 is 21.6 Å². The van der Waals surface area contributed by atoms with E-state index in [0.717, 1.165) is 12.1 Å². The Morgan fingerprint density at radius 3 is 2.59 bits per heavy atom. The highest BCUT2D eigenvalue weighted by Crippen LogP contribution is 2.28. The summed E-state index contributed by atoms with van der Waals surface area (Å²) in [6, 6.07) is 7.69. The number of hydrogen-bond acceptors (Lipinski definition) is 4. The van der Waals surface area contributed by atoms with E-state index >= 15 is 0 Å². The highest BCUT2D eigenvalue weighted by atomic mass is 32.2. The van der Waals surface area contributed by atoms with Crippen molar-refractivity contribution in [2.45, 2.75) is 24.7 Å². The van der Waals surface area contributed by atoms with Gasteiger partial charge in [0.05, 0.1) is 17.9 Å². The van der Waals surface area contributed by atoms with Gasteiger partial charge in [-0.25, -0.2) is 17.2 Å². The number of aryl methyl sites for hydroxylation is 1. The van der Waals surface area contributed by atoms with Crippen LogP contribution >= 0.6 is 0 Å². The van der Waals surface area contributed by atoms with Gasteiger partial charge in [0.15, 0.2) is 11.6 Å². The maximum Gasteiger partial charge on any atom is 0.243 e. The first-order valence-corrected chi connectivity index (χ1v) is 10.6. The van der Waals surface area contributed by atoms with Crippen LogP contribution < -0.4 is 10.1 Å². The first-order chi connectivity index (χ1) is 13.7. The highest BCUT2D eigenvalue weighted by Gasteiger charge is 2.33. The molecule has 2 aromatic carbocycles. The van der Waals surface area contributed by atoms with E-state index in [0.29, 0.717) is 30.7 Å². The molecule has 0 aromatic heterocycles. The molecule has 0 radical (unpaired) electrons. The first kappa shape index (κ1) is 21.2. The summed E-state index contributed by atoms with van der Waals surface area (Å²) in [6.45, 7) is 2.08. The number of carbonyl (C=O) groups is 1. The van der Waals surface area contributed by atoms with Gasteiger partial charge in [0.25, 0.3) is 0 Å². The van der Waals surface area contributed by atoms with Crippen molar-refractivity contribution in [1.82, 2.24) is 4.31 Å². The van der Waals surface area contributed by atoms with Crippen molar-refractivity contribution < 1.29 is 26.7 Å². The van der Waals surface area contributed by atoms with E-state index in [1.807, 2.05) is 0 Å². The second-order valence-electron chi connectivity index (χ2n) is 6.95. The summed E-state index contributed by atoms with van der Waals surface area (Å²) >= 11 is 0. The lowest BCUT2D eigenvalue weighted by Gasteiger charge is -2.31. The van der Waals surface area contributed by atoms with Crippen LogP contribution in [0.25, 0.3) is 0 Å². The number of nitrogens with one attached hydrogen (secondary N) is 1. The minimum Gasteiger partial charge on any atom is -0.496 e. The molecule has 0 unspecified atom stereocenters. The number of anilines is 1. The van der Waals surface area contributed by atoms with Gasteiger partial charge in [-0.05, 0) is 55.7 Å². The Kier molecular flexibility index (Phi) is 6.18. The van der Waals surface area contributed by atoms with E-state index in [4.69, 9.17) is 4.74 Å². The molecule has 1 aliphatic rings. The number of nitrogens with zero attached hydrogens (tertiary/aromatic N) is 1. The molecule has 1 amide bonds. The molecular weight excluding hydrogens is 402 g/mol. The number of hydrogen-bond donors (Lipinski definition) is 1. The average Bonchev–Trinajstić information content (AvgIpc) is 2.70. The SMILES string of the molecule is COc1ccc(S(=O)(=O)N2CCC[C@H](C(=O)Nc3ccc(F)c(F)c3)C2)cc1C. The highest BCUT2D eigenvalue weighted by molar-refractivity contribution is 7.89. The zero-order valence-corrected chi connectivity index (χ0v) is 16.9. The Balaban J connectivity index is 1.74. The van der Waals surface area contributed by atoms with E-state index in [2.05, 4.69) is 5.32 Å². The minimum atomic E-state index is -3.77. The summed E-state index contributed by atoms with van der Waals surface area (Å²) < 4.78 is 58.9. The zero-order chi connectivity index (χ0) is 21.2. The average molecular weight is 424 g/mol. The fourth-order valence-corrected chi connectivity index (χ4v) is 4.96. The maximum absolute atomic E-state index is 13.3. The van der Waals surface area contributed by atoms with Gasteiger partial charge in [0.1, 0.15) is 5.75 Å². The number of ether oxygens (including phenoxy) is 1. The van der Waals surface area contributed by atoms with Crippen LogP contribution in [0.4, 0.5) is 14.5 Å². The number of methoxy groups -OCH3 is 1. The number of carbonyl (C=O) groups excluding carboxylic acids is 1. The lowest BCUT2D eigenvalue weighted by atomic mass is 9.98. The molecule has 0 spiro atoms. The van der Waals surface area contributed by atoms with E-state index in [1.165, 1.54) is 23.5 Å². The topological polar surface area (TPSA) is 75.7 Å². The monoisotopic (exact) mass is 424 g/mol. The molecule has 1 heterocycles. The van der Waals surface area contributed by atoms with Gasteiger partial charge in [0.2, 0.25) is 15.9 Å². The van der Waals surface area contributed by atoms with Crippen LogP contribution in [0.5, 0.6) is 5.75 Å². The predicted molar refractivity (Wildman–Crippen MR) is 104 cm³/mol. The molecule has 0 saturated carbocycles. The molecule has 6 nitrogen and oxygen atoms in total. The molecule has 2 aromatic rings. The Bertz CT molecular complexity index is 1030. The first-order valence-electron chi connectivity index (χ1n) is 9.13. The third-order valence-corrected chi connectivity index (χ3v) is 6.81. The van der Waals surface area contributed by atoms with Crippen molar-refractivity contribution in [2.75, 3.05) is 25.5 Å². The fraction of sp³-hybridized carbons (Fsp3) is 0.350. The Labute approximate surface area is 168 Å². The van der Waals surface area contributed by atoms with Crippen LogP contribution in [0.3, 0.4) is 0 Å². The minimum absolute atomic E-state index is 0.0168. The summed E-state index contributed by atoms with van der Waals surface area (Å²) in [4.78, 5) is 12.7. The molecule has 0 bridgehead atoms. The second kappa shape index (κ2) is 8.46. The van der Waals surface area contributed by atoms with Crippen molar-refractivity contribution in [3.05, 3.63) is 53.6 Å². The van der Waals surface area contributed by atoms with Gasteiger partial charge in [-0.3, -0.25) is 4.79 Å². The van der Waals surface area contributed by atoms with Crippen molar-refractivity contribution in [3.8, 4) is 5.75 Å². The van der Waals surface area contributed by atoms with E-state index in [9.17, 15) is 22.0 Å². The molecule has 1 aliphatic heterocycles. The van der Waals surface area contributed by atoms with Crippen LogP contribution in [0, 0.1) is 24.5 Å². The number of benzene rings is 2. The largest absolute Gasteiger partial charge is 0.496 e. The molecule has 1 atom stereocenters. The van der Waals surface area contributed by atoms with Gasteiger partial charge in [-0.15, -0.1) is 0 Å². The van der Waals surface area contributed by atoms with Crippen LogP contribution in [0.15, 0.2) is 41.3 Å². The molecule has 1 N–H and O–H groups in total. The van der Waals surface area contributed by atoms with Gasteiger partial charge in [-0.1, -0.05) is 0 Å². The fourth-order valence-electron chi connectivity index (χ4n) is 3.35. The number of halogens is 2. The number of rotatable bonds is 5. The molecule has 0 aliphatic carbocycles. The van der Waals surface area contributed by atoms with Crippen LogP contribution in [0.1, 0.15) is 18.4 Å². The third kappa shape index (κ3) is 4.56. The third-order valence-electron chi connectivity index (χ3n) is 4.95. The van der Waals surface area contributed by atoms with Gasteiger partial charge >= 0.3 is 0 Å². The Morgan fingerprint density at radius 1 is 1.17 bits per heavy atom. The van der Waals surface area contributed by atoms with E-state index in [1.54, 1.807) is 19.1 Å². The Morgan fingerprint density at radius 2 is 1.93 bits per heavy atom. The quantitative estimate of drug-likeness (QED) is 0.799. The van der Waals surface area contributed by atoms with Gasteiger partial charge < -0.3 is 10.1 Å². The predicted octanol–water partition coefficient (Wildman–Crippen LogP) is 3.32. The molecule has 156 valence electrons. The van der Waals surface area contributed by atoms with Crippen LogP contribution in [0.2, 0.25) is 0 Å². The van der Waals surface area contributed by atoms with Gasteiger partial charge in [0, 0.05) is 24.8 Å². The Hall–Kier alpha value is -2.52. The maximum atomic E-state index is 13.3. The smallest absolute Gasteiger partial charge is 0.243 e. The lowest BCUT2D eigenvalue weighted by Crippen LogP contribution is -2.43. The molecule has 1 saturated heterocycles. The van der Waals surface area contributed by atoms with Crippen LogP contribution in [-0.2, 0) is 14.8 Å². The summed E-state index contributed by atoms with van der Waals surface area (Å²) in [5.41, 5.74) is 0.817. The normalized spacial score (nSPS) is 17.7. The van der Waals surface area contributed by atoms with Crippen molar-refractivity contribution in [3.63, 3.8) is 0 Å². The molecule has 9 heteroatoms. The number of amides is 1. The summed E-state index contributed by atoms with van der Waals surface area (Å²) in [5.74, 6) is -2.50. The van der Waals surface area contributed by atoms with E-state index < -0.39 is 33.5 Å². The van der Waals surface area contributed by atoms with Crippen LogP contribution in [-0.4, -0.2) is 38.8 Å². The number of sulfonamides is 1. The summed E-state index contributed by atoms with van der Waals surface area (Å²) in [6.07, 6.45) is 1.02. The van der Waals surface area contributed by atoms with Crippen molar-refractivity contribution in [1.29, 1.82) is 0 Å². The lowest BCUT2D eigenvalue weighted by molar-refractivity contribution is -0.120. The number of piperidine rings is 1. The zero-order valence-electron chi connectivity index (χ0n) is 16.1. The molecular formula is C20H22F2N2O4S. The van der Waals surface area contributed by atoms with Crippen molar-refractivity contribution in [2.24, 2.45) is 5.92 Å². The van der Waals surface area contributed by atoms with E-state index in [-0.39, 0.29) is 17.1 Å². The summed E-state index contributed by atoms with van der Waals surface area (Å²) in [7, 11) is -2.26. The summed E-state index contributed by atoms with van der Waals surface area (Å²) in [5, 5.41) is 2.53. The molecule has 29 heavy (non-hydrogen) atoms. The second-order valence-corrected chi connectivity index (χ2v) is 8.89. The standard InChI is InChI=1S/C20H22F2N2O4S/c1-13-10-16(6-8-19(13)28-2)29(26,27)24-9-3-4-14(12-24)20(25)23-15-5-7-17(21)18(22)11-15/h5-8,10-11,14H,3-4,9,12H2,1-2H3,(H,23,25)/t14-/m0/s1. The van der Waals surface area contributed by atoms with Gasteiger partial charge in [-0.2, -0.15) is 4.31 Å². The molecule has 3 rings (SSSR count). The molecule has 1 fully saturated rings.